The average molecular weight is 483 g/mol. The van der Waals surface area contributed by atoms with Crippen molar-refractivity contribution in [1.29, 1.82) is 10.5 Å². The lowest BCUT2D eigenvalue weighted by Crippen LogP contribution is -2.39. The minimum Gasteiger partial charge on any atom is -0.341 e. The fraction of sp³-hybridized carbons (Fsp3) is 0.280. The second-order valence-electron chi connectivity index (χ2n) is 8.50. The van der Waals surface area contributed by atoms with Crippen LogP contribution in [0.4, 0.5) is 0 Å². The smallest absolute Gasteiger partial charge is 0.219 e. The molecule has 1 aliphatic heterocycles. The normalized spacial score (nSPS) is 15.7. The van der Waals surface area contributed by atoms with Crippen LogP contribution in [0.15, 0.2) is 52.9 Å². The average Bonchev–Trinajstić information content (AvgIpc) is 3.47. The van der Waals surface area contributed by atoms with E-state index in [2.05, 4.69) is 22.2 Å². The van der Waals surface area contributed by atoms with Gasteiger partial charge in [0.25, 0.3) is 0 Å². The molecule has 174 valence electrons. The van der Waals surface area contributed by atoms with Gasteiger partial charge >= 0.3 is 0 Å². The zero-order valence-corrected chi connectivity index (χ0v) is 20.2. The van der Waals surface area contributed by atoms with Crippen molar-refractivity contribution in [3.05, 3.63) is 59.8 Å². The summed E-state index contributed by atoms with van der Waals surface area (Å²) in [6.45, 7) is 5.01. The number of piperidine rings is 1. The number of aromatic nitrogens is 5. The SMILES string of the molecule is CC(=O)N1CCC[C@H](n2cc(-c3cc(Sc4ncccc4C#N)c4c(C#N)cnn4c3)c(C)n2)C1. The maximum atomic E-state index is 11.9. The molecule has 0 saturated carbocycles. The molecule has 4 aromatic heterocycles. The Balaban J connectivity index is 1.57. The van der Waals surface area contributed by atoms with Crippen LogP contribution in [0.3, 0.4) is 0 Å². The minimum absolute atomic E-state index is 0.0872. The first-order valence-electron chi connectivity index (χ1n) is 11.2. The number of carbonyl (C=O) groups is 1. The molecule has 0 bridgehead atoms. The van der Waals surface area contributed by atoms with Crippen molar-refractivity contribution in [1.82, 2.24) is 29.3 Å². The van der Waals surface area contributed by atoms with E-state index in [1.54, 1.807) is 36.0 Å². The fourth-order valence-corrected chi connectivity index (χ4v) is 5.49. The first-order chi connectivity index (χ1) is 17.0. The van der Waals surface area contributed by atoms with Gasteiger partial charge in [-0.25, -0.2) is 9.50 Å². The van der Waals surface area contributed by atoms with Crippen LogP contribution in [0.5, 0.6) is 0 Å². The summed E-state index contributed by atoms with van der Waals surface area (Å²) in [4.78, 5) is 18.9. The molecule has 35 heavy (non-hydrogen) atoms. The van der Waals surface area contributed by atoms with Crippen molar-refractivity contribution < 1.29 is 4.79 Å². The molecule has 5 heterocycles. The highest BCUT2D eigenvalue weighted by Crippen LogP contribution is 2.37. The van der Waals surface area contributed by atoms with E-state index in [9.17, 15) is 15.3 Å². The van der Waals surface area contributed by atoms with Crippen LogP contribution in [0, 0.1) is 29.6 Å². The highest BCUT2D eigenvalue weighted by molar-refractivity contribution is 7.99. The summed E-state index contributed by atoms with van der Waals surface area (Å²) < 4.78 is 3.66. The number of hydrogen-bond acceptors (Lipinski definition) is 7. The lowest BCUT2D eigenvalue weighted by molar-refractivity contribution is -0.130. The molecule has 0 aromatic carbocycles. The van der Waals surface area contributed by atoms with E-state index in [0.29, 0.717) is 28.2 Å². The van der Waals surface area contributed by atoms with Crippen LogP contribution in [0.25, 0.3) is 16.6 Å². The summed E-state index contributed by atoms with van der Waals surface area (Å²) in [5, 5.41) is 28.9. The van der Waals surface area contributed by atoms with Gasteiger partial charge in [0.1, 0.15) is 17.2 Å². The molecular formula is C25H22N8OS. The topological polar surface area (TPSA) is 116 Å². The predicted octanol–water partition coefficient (Wildman–Crippen LogP) is 3.98. The highest BCUT2D eigenvalue weighted by atomic mass is 32.2. The van der Waals surface area contributed by atoms with Gasteiger partial charge in [0.15, 0.2) is 0 Å². The van der Waals surface area contributed by atoms with Crippen molar-refractivity contribution >= 4 is 23.2 Å². The summed E-state index contributed by atoms with van der Waals surface area (Å²) >= 11 is 1.34. The van der Waals surface area contributed by atoms with Crippen LogP contribution in [0.2, 0.25) is 0 Å². The summed E-state index contributed by atoms with van der Waals surface area (Å²) in [5.41, 5.74) is 4.30. The van der Waals surface area contributed by atoms with E-state index in [4.69, 9.17) is 5.10 Å². The monoisotopic (exact) mass is 482 g/mol. The molecule has 0 spiro atoms. The van der Waals surface area contributed by atoms with Crippen LogP contribution >= 0.6 is 11.8 Å². The second-order valence-corrected chi connectivity index (χ2v) is 9.53. The Kier molecular flexibility index (Phi) is 5.98. The van der Waals surface area contributed by atoms with Crippen molar-refractivity contribution in [2.24, 2.45) is 0 Å². The molecular weight excluding hydrogens is 460 g/mol. The lowest BCUT2D eigenvalue weighted by Gasteiger charge is -2.32. The number of carbonyl (C=O) groups excluding carboxylic acids is 1. The predicted molar refractivity (Wildman–Crippen MR) is 129 cm³/mol. The van der Waals surface area contributed by atoms with Gasteiger partial charge in [-0.15, -0.1) is 0 Å². The van der Waals surface area contributed by atoms with Gasteiger partial charge in [-0.2, -0.15) is 20.7 Å². The number of aryl methyl sites for hydroxylation is 1. The number of pyridine rings is 2. The van der Waals surface area contributed by atoms with Crippen LogP contribution < -0.4 is 0 Å². The number of hydrogen-bond donors (Lipinski definition) is 0. The Morgan fingerprint density at radius 1 is 1.23 bits per heavy atom. The number of nitriles is 2. The molecule has 0 N–H and O–H groups in total. The Morgan fingerprint density at radius 2 is 2.06 bits per heavy atom. The number of likely N-dealkylation sites (tertiary alicyclic amines) is 1. The second kappa shape index (κ2) is 9.24. The van der Waals surface area contributed by atoms with E-state index >= 15 is 0 Å². The summed E-state index contributed by atoms with van der Waals surface area (Å²) in [7, 11) is 0. The first kappa shape index (κ1) is 22.6. The lowest BCUT2D eigenvalue weighted by atomic mass is 10.1. The van der Waals surface area contributed by atoms with Crippen molar-refractivity contribution in [3.8, 4) is 23.3 Å². The maximum absolute atomic E-state index is 11.9. The number of fused-ring (bicyclic) bond motifs is 1. The van der Waals surface area contributed by atoms with Crippen LogP contribution in [-0.2, 0) is 4.79 Å². The third-order valence-corrected chi connectivity index (χ3v) is 7.29. The third-order valence-electron chi connectivity index (χ3n) is 6.24. The number of nitrogens with zero attached hydrogens (tertiary/aromatic N) is 8. The molecule has 10 heteroatoms. The van der Waals surface area contributed by atoms with Crippen molar-refractivity contribution in [2.75, 3.05) is 13.1 Å². The molecule has 1 amide bonds. The molecule has 0 unspecified atom stereocenters. The summed E-state index contributed by atoms with van der Waals surface area (Å²) in [6.07, 6.45) is 9.01. The standard InChI is InChI=1S/C25H22N8OS/c1-16-22(15-32(30-16)21-6-4-8-31(14-21)17(2)34)19-9-23(24-20(11-27)12-29-33(24)13-19)35-25-18(10-26)5-3-7-28-25/h3,5,7,9,12-13,15,21H,4,6,8,14H2,1-2H3/t21-/m0/s1. The van der Waals surface area contributed by atoms with E-state index in [1.165, 1.54) is 11.8 Å². The molecule has 1 aliphatic rings. The number of rotatable bonds is 4. The quantitative estimate of drug-likeness (QED) is 0.432. The van der Waals surface area contributed by atoms with Crippen LogP contribution in [0.1, 0.15) is 42.6 Å². The molecule has 1 fully saturated rings. The van der Waals surface area contributed by atoms with Crippen LogP contribution in [-0.4, -0.2) is 48.3 Å². The zero-order valence-electron chi connectivity index (χ0n) is 19.3. The Bertz CT molecular complexity index is 1520. The van der Waals surface area contributed by atoms with E-state index < -0.39 is 0 Å². The van der Waals surface area contributed by atoms with Crippen molar-refractivity contribution in [2.45, 2.75) is 42.7 Å². The van der Waals surface area contributed by atoms with Gasteiger partial charge < -0.3 is 4.90 Å². The van der Waals surface area contributed by atoms with Gasteiger partial charge in [-0.05, 0) is 38.0 Å². The van der Waals surface area contributed by atoms with E-state index in [0.717, 1.165) is 41.1 Å². The van der Waals surface area contributed by atoms with Gasteiger partial charge in [-0.1, -0.05) is 11.8 Å². The largest absolute Gasteiger partial charge is 0.341 e. The highest BCUT2D eigenvalue weighted by Gasteiger charge is 2.25. The van der Waals surface area contributed by atoms with Gasteiger partial charge in [0, 0.05) is 54.6 Å². The summed E-state index contributed by atoms with van der Waals surface area (Å²) in [5.74, 6) is 0.0872. The molecule has 1 saturated heterocycles. The minimum atomic E-state index is 0.0872. The van der Waals surface area contributed by atoms with E-state index in [1.807, 2.05) is 35.0 Å². The molecule has 1 atom stereocenters. The fourth-order valence-electron chi connectivity index (χ4n) is 4.46. The Labute approximate surface area is 206 Å². The molecule has 9 nitrogen and oxygen atoms in total. The maximum Gasteiger partial charge on any atom is 0.219 e. The van der Waals surface area contributed by atoms with E-state index in [-0.39, 0.29) is 11.9 Å². The third kappa shape index (κ3) is 4.25. The Morgan fingerprint density at radius 3 is 2.83 bits per heavy atom. The van der Waals surface area contributed by atoms with Gasteiger partial charge in [0.2, 0.25) is 5.91 Å². The van der Waals surface area contributed by atoms with Gasteiger partial charge in [0.05, 0.1) is 34.6 Å². The van der Waals surface area contributed by atoms with Gasteiger partial charge in [-0.3, -0.25) is 9.48 Å². The molecule has 4 aromatic rings. The van der Waals surface area contributed by atoms with Crippen molar-refractivity contribution in [3.63, 3.8) is 0 Å². The summed E-state index contributed by atoms with van der Waals surface area (Å²) in [6, 6.07) is 9.96. The number of amides is 1. The molecule has 0 aliphatic carbocycles. The first-order valence-corrected chi connectivity index (χ1v) is 12.1. The Hall–Kier alpha value is -4.15. The molecule has 5 rings (SSSR count). The zero-order chi connectivity index (χ0) is 24.5. The molecule has 0 radical (unpaired) electrons.